The zero-order chi connectivity index (χ0) is 34.4. The number of carbonyl (C=O) groups is 3. The zero-order valence-corrected chi connectivity index (χ0v) is 31.7. The van der Waals surface area contributed by atoms with E-state index >= 15 is 0 Å². The van der Waals surface area contributed by atoms with Crippen LogP contribution in [0.4, 0.5) is 0 Å². The predicted molar refractivity (Wildman–Crippen MR) is 198 cm³/mol. The van der Waals surface area contributed by atoms with Gasteiger partial charge in [0.1, 0.15) is 5.57 Å². The highest BCUT2D eigenvalue weighted by molar-refractivity contribution is 6.22. The zero-order valence-electron chi connectivity index (χ0n) is 31.7. The second-order valence-electron chi connectivity index (χ2n) is 15.4. The van der Waals surface area contributed by atoms with Gasteiger partial charge >= 0.3 is 5.97 Å². The van der Waals surface area contributed by atoms with E-state index in [1.807, 2.05) is 13.8 Å². The monoisotopic (exact) mass is 647 g/mol. The van der Waals surface area contributed by atoms with Crippen molar-refractivity contribution in [2.24, 2.45) is 17.8 Å². The van der Waals surface area contributed by atoms with Gasteiger partial charge in [-0.05, 0) is 30.6 Å². The molecule has 0 saturated heterocycles. The molecule has 0 rings (SSSR count). The van der Waals surface area contributed by atoms with Crippen molar-refractivity contribution in [1.82, 2.24) is 0 Å². The fourth-order valence-corrected chi connectivity index (χ4v) is 6.61. The number of carboxylic acids is 1. The molecule has 0 bridgehead atoms. The quantitative estimate of drug-likeness (QED) is 0.0327. The van der Waals surface area contributed by atoms with E-state index < -0.39 is 5.97 Å². The lowest BCUT2D eigenvalue weighted by atomic mass is 9.88. The maximum Gasteiger partial charge on any atom is 0.339 e. The molecule has 0 aromatic carbocycles. The van der Waals surface area contributed by atoms with E-state index in [2.05, 4.69) is 27.7 Å². The molecule has 4 nitrogen and oxygen atoms in total. The summed E-state index contributed by atoms with van der Waals surface area (Å²) in [5.74, 6) is -0.362. The SMILES string of the molecule is CC(C)CCCCCCCCCCCCCCC(=O)C(C(=O)O)=C(C(=O)CCCCCCCCCCCCCCC(C)C)C(C)C. The van der Waals surface area contributed by atoms with Gasteiger partial charge < -0.3 is 5.11 Å². The molecule has 0 aliphatic rings. The largest absolute Gasteiger partial charge is 0.478 e. The lowest BCUT2D eigenvalue weighted by molar-refractivity contribution is -0.135. The summed E-state index contributed by atoms with van der Waals surface area (Å²) in [5, 5.41) is 9.91. The third kappa shape index (κ3) is 26.6. The number of aliphatic carboxylic acids is 1. The summed E-state index contributed by atoms with van der Waals surface area (Å²) in [6.45, 7) is 12.9. The first kappa shape index (κ1) is 44.5. The Morgan fingerprint density at radius 1 is 0.391 bits per heavy atom. The van der Waals surface area contributed by atoms with Crippen LogP contribution in [0.5, 0.6) is 0 Å². The van der Waals surface area contributed by atoms with Gasteiger partial charge in [0.15, 0.2) is 11.6 Å². The molecule has 0 saturated carbocycles. The summed E-state index contributed by atoms with van der Waals surface area (Å²) < 4.78 is 0. The Balaban J connectivity index is 4.16. The van der Waals surface area contributed by atoms with E-state index in [-0.39, 0.29) is 35.1 Å². The normalized spacial score (nSPS) is 12.4. The second kappa shape index (κ2) is 30.9. The smallest absolute Gasteiger partial charge is 0.339 e. The van der Waals surface area contributed by atoms with Crippen molar-refractivity contribution in [3.8, 4) is 0 Å². The van der Waals surface area contributed by atoms with Crippen LogP contribution in [-0.2, 0) is 14.4 Å². The van der Waals surface area contributed by atoms with Gasteiger partial charge in [0.2, 0.25) is 0 Å². The number of unbranched alkanes of at least 4 members (excludes halogenated alkanes) is 22. The molecule has 0 atom stereocenters. The van der Waals surface area contributed by atoms with E-state index in [1.54, 1.807) is 0 Å². The van der Waals surface area contributed by atoms with Crippen molar-refractivity contribution >= 4 is 17.5 Å². The number of hydrogen-bond acceptors (Lipinski definition) is 3. The van der Waals surface area contributed by atoms with E-state index in [4.69, 9.17) is 0 Å². The van der Waals surface area contributed by atoms with Crippen molar-refractivity contribution in [2.45, 2.75) is 221 Å². The second-order valence-corrected chi connectivity index (χ2v) is 15.4. The van der Waals surface area contributed by atoms with Crippen molar-refractivity contribution in [3.63, 3.8) is 0 Å². The average Bonchev–Trinajstić information content (AvgIpc) is 2.99. The van der Waals surface area contributed by atoms with Gasteiger partial charge in [-0.15, -0.1) is 0 Å². The first-order chi connectivity index (χ1) is 22.1. The number of hydrogen-bond donors (Lipinski definition) is 1. The summed E-state index contributed by atoms with van der Waals surface area (Å²) in [7, 11) is 0. The number of carbonyl (C=O) groups excluding carboxylic acids is 2. The highest BCUT2D eigenvalue weighted by Crippen LogP contribution is 2.23. The fourth-order valence-electron chi connectivity index (χ4n) is 6.61. The summed E-state index contributed by atoms with van der Waals surface area (Å²) in [5.41, 5.74) is -0.00856. The van der Waals surface area contributed by atoms with E-state index in [9.17, 15) is 19.5 Å². The lowest BCUT2D eigenvalue weighted by Crippen LogP contribution is -2.22. The lowest BCUT2D eigenvalue weighted by Gasteiger charge is -2.15. The molecule has 0 unspecified atom stereocenters. The maximum absolute atomic E-state index is 13.1. The molecule has 0 spiro atoms. The van der Waals surface area contributed by atoms with Crippen LogP contribution in [0.1, 0.15) is 221 Å². The minimum absolute atomic E-state index is 0.148. The maximum atomic E-state index is 13.1. The molecule has 0 radical (unpaired) electrons. The molecule has 1 N–H and O–H groups in total. The minimum Gasteiger partial charge on any atom is -0.478 e. The third-order valence-corrected chi connectivity index (χ3v) is 9.51. The van der Waals surface area contributed by atoms with Crippen molar-refractivity contribution in [1.29, 1.82) is 0 Å². The van der Waals surface area contributed by atoms with E-state index in [1.165, 1.54) is 128 Å². The molecular weight excluding hydrogens is 568 g/mol. The molecule has 0 aromatic rings. The average molecular weight is 647 g/mol. The van der Waals surface area contributed by atoms with Gasteiger partial charge in [0.25, 0.3) is 0 Å². The van der Waals surface area contributed by atoms with Crippen LogP contribution >= 0.6 is 0 Å². The highest BCUT2D eigenvalue weighted by Gasteiger charge is 2.27. The molecule has 0 fully saturated rings. The molecule has 4 heteroatoms. The van der Waals surface area contributed by atoms with Crippen LogP contribution in [0, 0.1) is 17.8 Å². The van der Waals surface area contributed by atoms with Gasteiger partial charge in [-0.2, -0.15) is 0 Å². The summed E-state index contributed by atoms with van der Waals surface area (Å²) in [4.78, 5) is 38.2. The fraction of sp³-hybridized carbons (Fsp3) is 0.881. The number of ketones is 2. The van der Waals surface area contributed by atoms with Crippen molar-refractivity contribution in [2.75, 3.05) is 0 Å². The van der Waals surface area contributed by atoms with Crippen LogP contribution in [-0.4, -0.2) is 22.6 Å². The number of rotatable bonds is 34. The van der Waals surface area contributed by atoms with Crippen LogP contribution in [0.3, 0.4) is 0 Å². The Bertz CT molecular complexity index is 791. The Kier molecular flexibility index (Phi) is 29.9. The Morgan fingerprint density at radius 2 is 0.652 bits per heavy atom. The van der Waals surface area contributed by atoms with Gasteiger partial charge in [-0.1, -0.05) is 196 Å². The number of carboxylic acid groups (broad SMARTS) is 1. The van der Waals surface area contributed by atoms with Crippen LogP contribution in [0.2, 0.25) is 0 Å². The molecule has 0 aromatic heterocycles. The number of Topliss-reactive ketones (excluding diaryl/α,β-unsaturated/α-hetero) is 2. The molecular formula is C42H78O4. The molecule has 0 aliphatic carbocycles. The van der Waals surface area contributed by atoms with Gasteiger partial charge in [0.05, 0.1) is 0 Å². The third-order valence-electron chi connectivity index (χ3n) is 9.51. The Labute approximate surface area is 286 Å². The minimum atomic E-state index is -1.24. The Hall–Kier alpha value is -1.45. The van der Waals surface area contributed by atoms with Gasteiger partial charge in [0, 0.05) is 18.4 Å². The standard InChI is InChI=1S/C42H78O4/c1-35(2)31-27-23-19-15-11-7-9-13-17-21-25-29-33-38(43)40(37(5)6)41(42(45)46)39(44)34-30-26-22-18-14-10-8-12-16-20-24-28-32-36(3)4/h35-37H,7-34H2,1-6H3,(H,45,46). The molecule has 0 heterocycles. The van der Waals surface area contributed by atoms with Crippen LogP contribution < -0.4 is 0 Å². The van der Waals surface area contributed by atoms with Crippen molar-refractivity contribution in [3.05, 3.63) is 11.1 Å². The van der Waals surface area contributed by atoms with Crippen LogP contribution in [0.25, 0.3) is 0 Å². The molecule has 0 aliphatic heterocycles. The van der Waals surface area contributed by atoms with Gasteiger partial charge in [-0.3, -0.25) is 9.59 Å². The first-order valence-electron chi connectivity index (χ1n) is 20.1. The molecule has 270 valence electrons. The first-order valence-corrected chi connectivity index (χ1v) is 20.1. The number of allylic oxidation sites excluding steroid dienone is 1. The topological polar surface area (TPSA) is 71.4 Å². The summed E-state index contributed by atoms with van der Waals surface area (Å²) >= 11 is 0. The van der Waals surface area contributed by atoms with E-state index in [0.717, 1.165) is 43.9 Å². The molecule has 0 amide bonds. The van der Waals surface area contributed by atoms with Crippen LogP contribution in [0.15, 0.2) is 11.1 Å². The Morgan fingerprint density at radius 3 is 0.913 bits per heavy atom. The van der Waals surface area contributed by atoms with Gasteiger partial charge in [-0.25, -0.2) is 4.79 Å². The van der Waals surface area contributed by atoms with Crippen molar-refractivity contribution < 1.29 is 19.5 Å². The summed E-state index contributed by atoms with van der Waals surface area (Å²) in [6, 6.07) is 0. The highest BCUT2D eigenvalue weighted by atomic mass is 16.4. The molecule has 46 heavy (non-hydrogen) atoms. The van der Waals surface area contributed by atoms with E-state index in [0.29, 0.717) is 12.8 Å². The summed E-state index contributed by atoms with van der Waals surface area (Å²) in [6.07, 6.45) is 32.7. The predicted octanol–water partition coefficient (Wildman–Crippen LogP) is 13.4.